The van der Waals surface area contributed by atoms with Gasteiger partial charge in [-0.25, -0.2) is 0 Å². The van der Waals surface area contributed by atoms with Crippen LogP contribution in [0.25, 0.3) is 10.8 Å². The number of nitrogens with zero attached hydrogens (tertiary/aromatic N) is 1. The van der Waals surface area contributed by atoms with Crippen LogP contribution in [-0.2, 0) is 15.0 Å². The summed E-state index contributed by atoms with van der Waals surface area (Å²) in [5.74, 6) is 0.0546. The average molecular weight is 410 g/mol. The van der Waals surface area contributed by atoms with Gasteiger partial charge in [0, 0.05) is 47.4 Å². The van der Waals surface area contributed by atoms with E-state index in [9.17, 15) is 9.59 Å². The molecule has 0 bridgehead atoms. The number of rotatable bonds is 4. The van der Waals surface area contributed by atoms with Gasteiger partial charge >= 0.3 is 0 Å². The minimum Gasteiger partial charge on any atom is -0.493 e. The molecule has 29 heavy (non-hydrogen) atoms. The van der Waals surface area contributed by atoms with Crippen molar-refractivity contribution in [3.05, 3.63) is 65.4 Å². The summed E-state index contributed by atoms with van der Waals surface area (Å²) in [6.07, 6.45) is 3.70. The average Bonchev–Trinajstić information content (AvgIpc) is 2.73. The van der Waals surface area contributed by atoms with E-state index in [1.807, 2.05) is 24.3 Å². The van der Waals surface area contributed by atoms with Crippen molar-refractivity contribution in [1.82, 2.24) is 10.3 Å². The third kappa shape index (κ3) is 3.51. The molecule has 7 heteroatoms. The second kappa shape index (κ2) is 7.72. The molecule has 1 aliphatic rings. The van der Waals surface area contributed by atoms with Gasteiger partial charge in [0.15, 0.2) is 0 Å². The molecule has 0 fully saturated rings. The molecule has 0 saturated carbocycles. The monoisotopic (exact) mass is 409 g/mol. The van der Waals surface area contributed by atoms with E-state index in [-0.39, 0.29) is 18.2 Å². The van der Waals surface area contributed by atoms with E-state index in [4.69, 9.17) is 16.3 Å². The third-order valence-electron chi connectivity index (χ3n) is 5.31. The van der Waals surface area contributed by atoms with Crippen molar-refractivity contribution in [2.75, 3.05) is 19.0 Å². The smallest absolute Gasteiger partial charge is 0.231 e. The molecule has 4 rings (SSSR count). The van der Waals surface area contributed by atoms with Crippen molar-refractivity contribution < 1.29 is 14.3 Å². The number of likely N-dealkylation sites (N-methyl/N-ethyl adjacent to an activating group) is 1. The van der Waals surface area contributed by atoms with Crippen molar-refractivity contribution in [3.8, 4) is 5.75 Å². The molecule has 6 nitrogen and oxygen atoms in total. The fourth-order valence-corrected chi connectivity index (χ4v) is 4.07. The van der Waals surface area contributed by atoms with Crippen LogP contribution < -0.4 is 15.4 Å². The van der Waals surface area contributed by atoms with E-state index < -0.39 is 5.41 Å². The zero-order valence-corrected chi connectivity index (χ0v) is 16.6. The molecule has 0 spiro atoms. The van der Waals surface area contributed by atoms with Crippen LogP contribution in [0, 0.1) is 0 Å². The van der Waals surface area contributed by atoms with Crippen LogP contribution in [0.1, 0.15) is 18.4 Å². The van der Waals surface area contributed by atoms with E-state index >= 15 is 0 Å². The Bertz CT molecular complexity index is 1100. The minimum atomic E-state index is -1.06. The lowest BCUT2D eigenvalue weighted by molar-refractivity contribution is -0.131. The zero-order valence-electron chi connectivity index (χ0n) is 15.9. The number of anilines is 1. The molecule has 2 heterocycles. The number of carbonyl (C=O) groups excluding carboxylic acids is 2. The lowest BCUT2D eigenvalue weighted by atomic mass is 9.72. The van der Waals surface area contributed by atoms with E-state index in [0.717, 1.165) is 10.8 Å². The highest BCUT2D eigenvalue weighted by molar-refractivity contribution is 6.30. The van der Waals surface area contributed by atoms with Gasteiger partial charge < -0.3 is 15.4 Å². The van der Waals surface area contributed by atoms with E-state index in [0.29, 0.717) is 35.1 Å². The number of carbonyl (C=O) groups is 2. The van der Waals surface area contributed by atoms with Crippen molar-refractivity contribution in [1.29, 1.82) is 0 Å². The number of halogens is 1. The first-order chi connectivity index (χ1) is 14.0. The molecule has 3 aromatic rings. The molecular formula is C22H20ClN3O3. The topological polar surface area (TPSA) is 80.3 Å². The predicted octanol–water partition coefficient (Wildman–Crippen LogP) is 3.68. The maximum Gasteiger partial charge on any atom is 0.231 e. The predicted molar refractivity (Wildman–Crippen MR) is 112 cm³/mol. The van der Waals surface area contributed by atoms with E-state index in [2.05, 4.69) is 15.6 Å². The van der Waals surface area contributed by atoms with Crippen LogP contribution in [-0.4, -0.2) is 30.5 Å². The number of fused-ring (bicyclic) bond motifs is 2. The van der Waals surface area contributed by atoms with Gasteiger partial charge in [0.25, 0.3) is 0 Å². The summed E-state index contributed by atoms with van der Waals surface area (Å²) >= 11 is 6.19. The first-order valence-electron chi connectivity index (χ1n) is 9.31. The quantitative estimate of drug-likeness (QED) is 0.688. The number of nitrogens with one attached hydrogen (secondary N) is 2. The normalized spacial score (nSPS) is 17.9. The zero-order chi connectivity index (χ0) is 20.4. The molecule has 2 aromatic carbocycles. The molecular weight excluding hydrogens is 390 g/mol. The number of aromatic nitrogens is 1. The van der Waals surface area contributed by atoms with Crippen molar-refractivity contribution >= 4 is 39.9 Å². The standard InChI is InChI=1S/C22H20ClN3O3/c1-24-21(28)22(8-9-29-19-7-6-15(23)10-17(19)22)11-20(27)26-18-13-25-12-14-4-2-3-5-16(14)18/h2-7,10,12-13H,8-9,11H2,1H3,(H,24,28)(H,26,27). The number of pyridine rings is 1. The fourth-order valence-electron chi connectivity index (χ4n) is 3.90. The van der Waals surface area contributed by atoms with Gasteiger partial charge in [-0.3, -0.25) is 14.6 Å². The molecule has 0 aliphatic carbocycles. The van der Waals surface area contributed by atoms with Gasteiger partial charge in [0.05, 0.1) is 23.9 Å². The summed E-state index contributed by atoms with van der Waals surface area (Å²) in [6.45, 7) is 0.338. The van der Waals surface area contributed by atoms with E-state index in [1.54, 1.807) is 37.6 Å². The van der Waals surface area contributed by atoms with Crippen LogP contribution in [0.4, 0.5) is 5.69 Å². The fraction of sp³-hybridized carbons (Fsp3) is 0.227. The largest absolute Gasteiger partial charge is 0.493 e. The molecule has 1 unspecified atom stereocenters. The number of ether oxygens (including phenoxy) is 1. The number of benzene rings is 2. The summed E-state index contributed by atoms with van der Waals surface area (Å²) in [7, 11) is 1.57. The molecule has 1 atom stereocenters. The Labute approximate surface area is 173 Å². The highest BCUT2D eigenvalue weighted by atomic mass is 35.5. The Morgan fingerprint density at radius 2 is 2.03 bits per heavy atom. The first-order valence-corrected chi connectivity index (χ1v) is 9.69. The Morgan fingerprint density at radius 3 is 2.86 bits per heavy atom. The molecule has 2 amide bonds. The number of hydrogen-bond donors (Lipinski definition) is 2. The van der Waals surface area contributed by atoms with Gasteiger partial charge in [-0.2, -0.15) is 0 Å². The SMILES string of the molecule is CNC(=O)C1(CC(=O)Nc2cncc3ccccc23)CCOc2ccc(Cl)cc21. The van der Waals surface area contributed by atoms with Crippen molar-refractivity contribution in [2.45, 2.75) is 18.3 Å². The Balaban J connectivity index is 1.69. The second-order valence-corrected chi connectivity index (χ2v) is 7.47. The lowest BCUT2D eigenvalue weighted by Gasteiger charge is -2.37. The maximum atomic E-state index is 13.1. The molecule has 0 saturated heterocycles. The molecule has 0 radical (unpaired) electrons. The summed E-state index contributed by atoms with van der Waals surface area (Å²) in [6, 6.07) is 12.8. The lowest BCUT2D eigenvalue weighted by Crippen LogP contribution is -2.48. The van der Waals surface area contributed by atoms with E-state index in [1.165, 1.54) is 0 Å². The highest BCUT2D eigenvalue weighted by Gasteiger charge is 2.46. The van der Waals surface area contributed by atoms with Gasteiger partial charge in [-0.1, -0.05) is 35.9 Å². The van der Waals surface area contributed by atoms with Crippen LogP contribution in [0.5, 0.6) is 5.75 Å². The summed E-state index contributed by atoms with van der Waals surface area (Å²) in [4.78, 5) is 30.2. The van der Waals surface area contributed by atoms with Gasteiger partial charge in [0.1, 0.15) is 5.75 Å². The van der Waals surface area contributed by atoms with Gasteiger partial charge in [-0.05, 0) is 18.2 Å². The first kappa shape index (κ1) is 19.2. The Morgan fingerprint density at radius 1 is 1.21 bits per heavy atom. The maximum absolute atomic E-state index is 13.1. The summed E-state index contributed by atoms with van der Waals surface area (Å²) in [5.41, 5.74) is 0.176. The van der Waals surface area contributed by atoms with Crippen LogP contribution in [0.15, 0.2) is 54.9 Å². The highest BCUT2D eigenvalue weighted by Crippen LogP contribution is 2.43. The van der Waals surface area contributed by atoms with Gasteiger partial charge in [0.2, 0.25) is 11.8 Å². The molecule has 1 aromatic heterocycles. The summed E-state index contributed by atoms with van der Waals surface area (Å²) in [5, 5.41) is 7.93. The Kier molecular flexibility index (Phi) is 5.11. The van der Waals surface area contributed by atoms with Gasteiger partial charge in [-0.15, -0.1) is 0 Å². The van der Waals surface area contributed by atoms with Crippen LogP contribution in [0.2, 0.25) is 5.02 Å². The molecule has 148 valence electrons. The van der Waals surface area contributed by atoms with Crippen molar-refractivity contribution in [2.24, 2.45) is 0 Å². The second-order valence-electron chi connectivity index (χ2n) is 7.03. The third-order valence-corrected chi connectivity index (χ3v) is 5.55. The van der Waals surface area contributed by atoms with Crippen LogP contribution in [0.3, 0.4) is 0 Å². The van der Waals surface area contributed by atoms with Crippen LogP contribution >= 0.6 is 11.6 Å². The number of amides is 2. The minimum absolute atomic E-state index is 0.0351. The summed E-state index contributed by atoms with van der Waals surface area (Å²) < 4.78 is 5.71. The number of hydrogen-bond acceptors (Lipinski definition) is 4. The van der Waals surface area contributed by atoms with Crippen molar-refractivity contribution in [3.63, 3.8) is 0 Å². The molecule has 2 N–H and O–H groups in total. The Hall–Kier alpha value is -3.12. The molecule has 1 aliphatic heterocycles.